The molecule has 3 saturated carbocycles. The Bertz CT molecular complexity index is 1830. The molecule has 1 aromatic heterocycles. The molecular formula is C37H49N5O8S2. The molecule has 0 radical (unpaired) electrons. The molecule has 0 bridgehead atoms. The van der Waals surface area contributed by atoms with Gasteiger partial charge in [-0.15, -0.1) is 17.9 Å². The standard InChI is InChI=1S/C37H49N5O8S2/c1-7-24-18-37(24,33(45)41-52(47,48)27-16-17-27)40-30(43)28-19-36(49-6,25-14-12-23(13-15-25)31-38-20-22(2)51-31)21-42(28)32(44)29(35(3,4)5)39-34(46)50-26-10-8-9-11-26/h7,12-15,20,24,26-29H,1,8-11,16-19,21H2,2-6H3,(H,39,46)(H,40,43)(H,41,45)/t24-,28+,29-,36+,37-/m1/s1. The first-order valence-electron chi connectivity index (χ1n) is 17.9. The summed E-state index contributed by atoms with van der Waals surface area (Å²) in [5.74, 6) is -2.51. The van der Waals surface area contributed by atoms with E-state index in [-0.39, 0.29) is 25.5 Å². The minimum Gasteiger partial charge on any atom is -0.446 e. The number of benzene rings is 1. The lowest BCUT2D eigenvalue weighted by atomic mass is 9.85. The Morgan fingerprint density at radius 2 is 1.75 bits per heavy atom. The van der Waals surface area contributed by atoms with Crippen molar-refractivity contribution in [1.29, 1.82) is 0 Å². The molecule has 0 unspecified atom stereocenters. The van der Waals surface area contributed by atoms with Crippen LogP contribution in [0.25, 0.3) is 10.6 Å². The van der Waals surface area contributed by atoms with Gasteiger partial charge < -0.3 is 25.0 Å². The van der Waals surface area contributed by atoms with Gasteiger partial charge >= 0.3 is 6.09 Å². The highest BCUT2D eigenvalue weighted by Crippen LogP contribution is 2.47. The number of hydrogen-bond donors (Lipinski definition) is 3. The summed E-state index contributed by atoms with van der Waals surface area (Å²) in [5.41, 5.74) is -1.85. The predicted molar refractivity (Wildman–Crippen MR) is 195 cm³/mol. The van der Waals surface area contributed by atoms with Crippen LogP contribution in [0.15, 0.2) is 43.1 Å². The monoisotopic (exact) mass is 755 g/mol. The van der Waals surface area contributed by atoms with Crippen LogP contribution in [0.2, 0.25) is 0 Å². The first-order chi connectivity index (χ1) is 24.5. The van der Waals surface area contributed by atoms with Crippen LogP contribution in [0.5, 0.6) is 0 Å². The maximum absolute atomic E-state index is 14.7. The van der Waals surface area contributed by atoms with Crippen LogP contribution in [0.4, 0.5) is 4.79 Å². The number of ether oxygens (including phenoxy) is 2. The van der Waals surface area contributed by atoms with Crippen LogP contribution in [0, 0.1) is 18.3 Å². The van der Waals surface area contributed by atoms with Gasteiger partial charge in [-0.3, -0.25) is 19.1 Å². The molecule has 1 aliphatic heterocycles. The Kier molecular flexibility index (Phi) is 10.4. The predicted octanol–water partition coefficient (Wildman–Crippen LogP) is 4.31. The maximum Gasteiger partial charge on any atom is 0.408 e. The smallest absolute Gasteiger partial charge is 0.408 e. The van der Waals surface area contributed by atoms with E-state index in [0.29, 0.717) is 12.8 Å². The minimum atomic E-state index is -3.89. The largest absolute Gasteiger partial charge is 0.446 e. The lowest BCUT2D eigenvalue weighted by Crippen LogP contribution is -2.60. The number of methoxy groups -OCH3 is 1. The van der Waals surface area contributed by atoms with Gasteiger partial charge in [-0.1, -0.05) is 51.1 Å². The number of thiazole rings is 1. The average Bonchev–Trinajstić information content (AvgIpc) is 3.91. The van der Waals surface area contributed by atoms with Gasteiger partial charge in [0, 0.05) is 36.1 Å². The van der Waals surface area contributed by atoms with E-state index in [4.69, 9.17) is 9.47 Å². The molecule has 4 fully saturated rings. The van der Waals surface area contributed by atoms with Gasteiger partial charge in [-0.25, -0.2) is 18.2 Å². The van der Waals surface area contributed by atoms with Gasteiger partial charge in [0.2, 0.25) is 21.8 Å². The van der Waals surface area contributed by atoms with Gasteiger partial charge in [0.1, 0.15) is 34.3 Å². The number of nitrogens with one attached hydrogen (secondary N) is 3. The molecule has 1 saturated heterocycles. The van der Waals surface area contributed by atoms with E-state index >= 15 is 0 Å². The Hall–Kier alpha value is -3.82. The van der Waals surface area contributed by atoms with Crippen molar-refractivity contribution in [2.45, 2.75) is 114 Å². The fourth-order valence-corrected chi connectivity index (χ4v) is 9.49. The first-order valence-corrected chi connectivity index (χ1v) is 20.2. The van der Waals surface area contributed by atoms with Crippen LogP contribution < -0.4 is 15.4 Å². The van der Waals surface area contributed by atoms with Crippen molar-refractivity contribution in [2.24, 2.45) is 11.3 Å². The SMILES string of the molecule is C=C[C@@H]1C[C@]1(NC(=O)[C@@H]1C[C@@](OC)(c2ccc(-c3ncc(C)s3)cc2)CN1C(=O)[C@@H](NC(=O)OC1CCCC1)C(C)(C)C)C(=O)NS(=O)(=O)C1CC1. The van der Waals surface area contributed by atoms with E-state index in [0.717, 1.165) is 46.7 Å². The number of nitrogens with zero attached hydrogens (tertiary/aromatic N) is 2. The Morgan fingerprint density at radius 3 is 2.29 bits per heavy atom. The summed E-state index contributed by atoms with van der Waals surface area (Å²) >= 11 is 1.57. The molecule has 4 aliphatic rings. The van der Waals surface area contributed by atoms with E-state index in [1.807, 2.05) is 58.2 Å². The number of rotatable bonds is 12. The van der Waals surface area contributed by atoms with Gasteiger partial charge in [0.15, 0.2) is 0 Å². The molecule has 0 spiro atoms. The van der Waals surface area contributed by atoms with Gasteiger partial charge in [0.25, 0.3) is 5.91 Å². The molecule has 3 aliphatic carbocycles. The van der Waals surface area contributed by atoms with Crippen molar-refractivity contribution in [1.82, 2.24) is 25.2 Å². The molecule has 3 N–H and O–H groups in total. The zero-order chi connectivity index (χ0) is 37.6. The van der Waals surface area contributed by atoms with Gasteiger partial charge in [-0.2, -0.15) is 0 Å². The number of carbonyl (C=O) groups excluding carboxylic acids is 4. The molecule has 6 rings (SSSR count). The number of aromatic nitrogens is 1. The van der Waals surface area contributed by atoms with Gasteiger partial charge in [0.05, 0.1) is 11.8 Å². The van der Waals surface area contributed by atoms with Crippen molar-refractivity contribution in [3.05, 3.63) is 53.6 Å². The van der Waals surface area contributed by atoms with Crippen molar-refractivity contribution in [3.63, 3.8) is 0 Å². The number of likely N-dealkylation sites (tertiary alicyclic amines) is 1. The third-order valence-corrected chi connectivity index (χ3v) is 13.6. The zero-order valence-electron chi connectivity index (χ0n) is 30.4. The van der Waals surface area contributed by atoms with Crippen molar-refractivity contribution >= 4 is 45.2 Å². The number of amides is 4. The zero-order valence-corrected chi connectivity index (χ0v) is 32.0. The molecule has 2 heterocycles. The molecule has 1 aromatic carbocycles. The highest BCUT2D eigenvalue weighted by Gasteiger charge is 2.62. The van der Waals surface area contributed by atoms with Crippen molar-refractivity contribution in [2.75, 3.05) is 13.7 Å². The highest BCUT2D eigenvalue weighted by atomic mass is 32.2. The van der Waals surface area contributed by atoms with Crippen LogP contribution in [0.1, 0.15) is 82.6 Å². The summed E-state index contributed by atoms with van der Waals surface area (Å²) in [7, 11) is -2.37. The molecule has 13 nitrogen and oxygen atoms in total. The van der Waals surface area contributed by atoms with E-state index in [9.17, 15) is 27.6 Å². The number of alkyl carbamates (subject to hydrolysis) is 1. The highest BCUT2D eigenvalue weighted by molar-refractivity contribution is 7.91. The molecule has 5 atom stereocenters. The molecule has 15 heteroatoms. The third kappa shape index (κ3) is 7.63. The molecule has 4 amide bonds. The van der Waals surface area contributed by atoms with Crippen LogP contribution in [-0.4, -0.2) is 84.7 Å². The Balaban J connectivity index is 1.31. The molecule has 2 aromatic rings. The van der Waals surface area contributed by atoms with E-state index in [1.165, 1.54) is 18.1 Å². The number of carbonyl (C=O) groups is 4. The van der Waals surface area contributed by atoms with Gasteiger partial charge in [-0.05, 0) is 62.8 Å². The summed E-state index contributed by atoms with van der Waals surface area (Å²) in [4.78, 5) is 62.8. The summed E-state index contributed by atoms with van der Waals surface area (Å²) in [6.07, 6.45) is 6.96. The summed E-state index contributed by atoms with van der Waals surface area (Å²) in [6, 6.07) is 5.40. The fraction of sp³-hybridized carbons (Fsp3) is 0.595. The Labute approximate surface area is 309 Å². The molecular weight excluding hydrogens is 707 g/mol. The lowest BCUT2D eigenvalue weighted by Gasteiger charge is -2.36. The number of aryl methyl sites for hydroxylation is 1. The second-order valence-electron chi connectivity index (χ2n) is 15.7. The maximum atomic E-state index is 14.7. The van der Waals surface area contributed by atoms with E-state index < -0.39 is 73.6 Å². The quantitative estimate of drug-likeness (QED) is 0.267. The van der Waals surface area contributed by atoms with Crippen molar-refractivity contribution < 1.29 is 37.1 Å². The first kappa shape index (κ1) is 37.9. The third-order valence-electron chi connectivity index (χ3n) is 10.8. The summed E-state index contributed by atoms with van der Waals surface area (Å²) < 4.78 is 39.5. The second kappa shape index (κ2) is 14.2. The summed E-state index contributed by atoms with van der Waals surface area (Å²) in [5, 5.41) is 5.85. The average molecular weight is 756 g/mol. The Morgan fingerprint density at radius 1 is 1.08 bits per heavy atom. The lowest BCUT2D eigenvalue weighted by molar-refractivity contribution is -0.143. The van der Waals surface area contributed by atoms with Crippen LogP contribution in [0.3, 0.4) is 0 Å². The van der Waals surface area contributed by atoms with Crippen molar-refractivity contribution in [3.8, 4) is 10.6 Å². The fourth-order valence-electron chi connectivity index (χ4n) is 7.36. The van der Waals surface area contributed by atoms with E-state index in [1.54, 1.807) is 11.3 Å². The van der Waals surface area contributed by atoms with E-state index in [2.05, 4.69) is 26.9 Å². The summed E-state index contributed by atoms with van der Waals surface area (Å²) in [6.45, 7) is 11.2. The molecule has 282 valence electrons. The number of sulfonamides is 1. The second-order valence-corrected chi connectivity index (χ2v) is 18.9. The molecule has 52 heavy (non-hydrogen) atoms. The minimum absolute atomic E-state index is 0.0248. The normalized spacial score (nSPS) is 26.8. The topological polar surface area (TPSA) is 173 Å². The van der Waals surface area contributed by atoms with Crippen LogP contribution >= 0.6 is 11.3 Å². The number of hydrogen-bond acceptors (Lipinski definition) is 10. The van der Waals surface area contributed by atoms with Crippen LogP contribution in [-0.2, 0) is 39.5 Å².